The number of nitrogens with one attached hydrogen (secondary N) is 1. The first-order valence-corrected chi connectivity index (χ1v) is 4.05. The maximum absolute atomic E-state index is 5.64. The van der Waals surface area contributed by atoms with E-state index in [0.717, 1.165) is 18.7 Å². The third kappa shape index (κ3) is 1.46. The van der Waals surface area contributed by atoms with Crippen LogP contribution in [0.1, 0.15) is 24.6 Å². The summed E-state index contributed by atoms with van der Waals surface area (Å²) >= 11 is 5.64. The molecule has 6 heteroatoms. The molecule has 2 rings (SSSR count). The summed E-state index contributed by atoms with van der Waals surface area (Å²) in [6.07, 6.45) is 2.26. The average Bonchev–Trinajstić information content (AvgIpc) is 2.85. The van der Waals surface area contributed by atoms with Gasteiger partial charge in [-0.25, -0.2) is 10.8 Å². The molecule has 0 spiro atoms. The SMILES string of the molecule is NNc1nc(Cl)nc(C2CC2)n1. The summed E-state index contributed by atoms with van der Waals surface area (Å²) in [7, 11) is 0. The van der Waals surface area contributed by atoms with Crippen LogP contribution in [0.15, 0.2) is 0 Å². The zero-order chi connectivity index (χ0) is 8.55. The van der Waals surface area contributed by atoms with Crippen LogP contribution in [0.4, 0.5) is 5.95 Å². The monoisotopic (exact) mass is 185 g/mol. The Kier molecular flexibility index (Phi) is 1.82. The van der Waals surface area contributed by atoms with Gasteiger partial charge in [0.1, 0.15) is 5.82 Å². The third-order valence-corrected chi connectivity index (χ3v) is 1.87. The van der Waals surface area contributed by atoms with Crippen LogP contribution in [-0.4, -0.2) is 15.0 Å². The number of nitrogens with two attached hydrogens (primary N) is 1. The highest BCUT2D eigenvalue weighted by Crippen LogP contribution is 2.38. The molecule has 0 bridgehead atoms. The van der Waals surface area contributed by atoms with E-state index in [1.807, 2.05) is 0 Å². The largest absolute Gasteiger partial charge is 0.292 e. The molecule has 0 aromatic carbocycles. The average molecular weight is 186 g/mol. The fourth-order valence-corrected chi connectivity index (χ4v) is 1.12. The Morgan fingerprint density at radius 1 is 1.33 bits per heavy atom. The summed E-state index contributed by atoms with van der Waals surface area (Å²) < 4.78 is 0. The zero-order valence-electron chi connectivity index (χ0n) is 6.29. The van der Waals surface area contributed by atoms with Crippen molar-refractivity contribution in [2.45, 2.75) is 18.8 Å². The Hall–Kier alpha value is -0.940. The van der Waals surface area contributed by atoms with Crippen molar-refractivity contribution in [2.75, 3.05) is 5.43 Å². The number of nitrogen functional groups attached to an aromatic ring is 1. The highest BCUT2D eigenvalue weighted by Gasteiger charge is 2.27. The fourth-order valence-electron chi connectivity index (χ4n) is 0.954. The van der Waals surface area contributed by atoms with E-state index in [9.17, 15) is 0 Å². The van der Waals surface area contributed by atoms with Crippen LogP contribution < -0.4 is 11.3 Å². The second-order valence-electron chi connectivity index (χ2n) is 2.70. The highest BCUT2D eigenvalue weighted by molar-refractivity contribution is 6.28. The number of hydrazine groups is 1. The zero-order valence-corrected chi connectivity index (χ0v) is 7.04. The van der Waals surface area contributed by atoms with Gasteiger partial charge in [-0.3, -0.25) is 5.43 Å². The number of anilines is 1. The van der Waals surface area contributed by atoms with Crippen molar-refractivity contribution >= 4 is 17.5 Å². The summed E-state index contributed by atoms with van der Waals surface area (Å²) in [5, 5.41) is 0.194. The molecule has 0 unspecified atom stereocenters. The van der Waals surface area contributed by atoms with E-state index in [1.165, 1.54) is 0 Å². The van der Waals surface area contributed by atoms with Crippen LogP contribution in [0.3, 0.4) is 0 Å². The summed E-state index contributed by atoms with van der Waals surface area (Å²) in [5.41, 5.74) is 2.34. The quantitative estimate of drug-likeness (QED) is 0.524. The van der Waals surface area contributed by atoms with Gasteiger partial charge >= 0.3 is 0 Å². The van der Waals surface area contributed by atoms with Crippen molar-refractivity contribution in [2.24, 2.45) is 5.84 Å². The minimum atomic E-state index is 0.194. The van der Waals surface area contributed by atoms with Gasteiger partial charge in [0, 0.05) is 5.92 Å². The number of hydrogen-bond donors (Lipinski definition) is 2. The molecule has 0 radical (unpaired) electrons. The molecule has 1 aliphatic carbocycles. The topological polar surface area (TPSA) is 76.7 Å². The molecule has 0 saturated heterocycles. The van der Waals surface area contributed by atoms with E-state index in [2.05, 4.69) is 20.4 Å². The van der Waals surface area contributed by atoms with E-state index in [0.29, 0.717) is 11.9 Å². The van der Waals surface area contributed by atoms with Crippen LogP contribution in [0.5, 0.6) is 0 Å². The van der Waals surface area contributed by atoms with Crippen molar-refractivity contribution in [1.29, 1.82) is 0 Å². The van der Waals surface area contributed by atoms with Crippen LogP contribution >= 0.6 is 11.6 Å². The van der Waals surface area contributed by atoms with Crippen LogP contribution in [0.2, 0.25) is 5.28 Å². The Balaban J connectivity index is 2.34. The third-order valence-electron chi connectivity index (χ3n) is 1.70. The van der Waals surface area contributed by atoms with Gasteiger partial charge in [-0.05, 0) is 24.4 Å². The van der Waals surface area contributed by atoms with Crippen molar-refractivity contribution in [3.8, 4) is 0 Å². The summed E-state index contributed by atoms with van der Waals surface area (Å²) in [6.45, 7) is 0. The molecule has 1 aromatic heterocycles. The predicted molar refractivity (Wildman–Crippen MR) is 44.6 cm³/mol. The molecule has 1 aromatic rings. The van der Waals surface area contributed by atoms with Crippen LogP contribution in [0, 0.1) is 0 Å². The molecule has 0 amide bonds. The summed E-state index contributed by atoms with van der Waals surface area (Å²) in [4.78, 5) is 11.8. The normalized spacial score (nSPS) is 16.2. The lowest BCUT2D eigenvalue weighted by Crippen LogP contribution is -2.12. The molecule has 3 N–H and O–H groups in total. The number of rotatable bonds is 2. The van der Waals surface area contributed by atoms with E-state index < -0.39 is 0 Å². The van der Waals surface area contributed by atoms with E-state index in [4.69, 9.17) is 17.4 Å². The van der Waals surface area contributed by atoms with Gasteiger partial charge in [0.2, 0.25) is 11.2 Å². The molecule has 64 valence electrons. The second-order valence-corrected chi connectivity index (χ2v) is 3.04. The van der Waals surface area contributed by atoms with Gasteiger partial charge in [0.25, 0.3) is 0 Å². The molecule has 1 fully saturated rings. The van der Waals surface area contributed by atoms with Gasteiger partial charge in [-0.15, -0.1) is 0 Å². The minimum Gasteiger partial charge on any atom is -0.292 e. The van der Waals surface area contributed by atoms with Gasteiger partial charge in [-0.1, -0.05) is 0 Å². The Morgan fingerprint density at radius 3 is 2.67 bits per heavy atom. The van der Waals surface area contributed by atoms with Gasteiger partial charge < -0.3 is 0 Å². The molecular weight excluding hydrogens is 178 g/mol. The van der Waals surface area contributed by atoms with Crippen molar-refractivity contribution in [3.63, 3.8) is 0 Å². The Bertz CT molecular complexity index is 298. The summed E-state index contributed by atoms with van der Waals surface area (Å²) in [6, 6.07) is 0. The molecule has 1 heterocycles. The summed E-state index contributed by atoms with van der Waals surface area (Å²) in [5.74, 6) is 6.67. The molecular formula is C6H8ClN5. The van der Waals surface area contributed by atoms with Gasteiger partial charge in [-0.2, -0.15) is 9.97 Å². The first-order valence-electron chi connectivity index (χ1n) is 3.67. The lowest BCUT2D eigenvalue weighted by molar-refractivity contribution is 0.886. The number of aromatic nitrogens is 3. The first-order chi connectivity index (χ1) is 5.79. The number of halogens is 1. The molecule has 0 atom stereocenters. The highest BCUT2D eigenvalue weighted by atomic mass is 35.5. The second kappa shape index (κ2) is 2.84. The van der Waals surface area contributed by atoms with Gasteiger partial charge in [0.05, 0.1) is 0 Å². The van der Waals surface area contributed by atoms with E-state index >= 15 is 0 Å². The molecule has 1 saturated carbocycles. The first kappa shape index (κ1) is 7.70. The van der Waals surface area contributed by atoms with Crippen molar-refractivity contribution in [3.05, 3.63) is 11.1 Å². The molecule has 0 aliphatic heterocycles. The lowest BCUT2D eigenvalue weighted by Gasteiger charge is -2.00. The van der Waals surface area contributed by atoms with Gasteiger partial charge in [0.15, 0.2) is 0 Å². The van der Waals surface area contributed by atoms with Crippen molar-refractivity contribution in [1.82, 2.24) is 15.0 Å². The predicted octanol–water partition coefficient (Wildman–Crippen LogP) is 0.688. The number of hydrogen-bond acceptors (Lipinski definition) is 5. The molecule has 1 aliphatic rings. The molecule has 12 heavy (non-hydrogen) atoms. The minimum absolute atomic E-state index is 0.194. The van der Waals surface area contributed by atoms with Crippen LogP contribution in [0.25, 0.3) is 0 Å². The molecule has 5 nitrogen and oxygen atoms in total. The standard InChI is InChI=1S/C6H8ClN5/c7-5-9-4(3-1-2-3)10-6(11-5)12-8/h3H,1-2,8H2,(H,9,10,11,12). The van der Waals surface area contributed by atoms with E-state index in [1.54, 1.807) is 0 Å². The maximum Gasteiger partial charge on any atom is 0.241 e. The van der Waals surface area contributed by atoms with Crippen molar-refractivity contribution < 1.29 is 0 Å². The Labute approximate surface area is 74.3 Å². The smallest absolute Gasteiger partial charge is 0.241 e. The van der Waals surface area contributed by atoms with E-state index in [-0.39, 0.29) is 5.28 Å². The lowest BCUT2D eigenvalue weighted by atomic mass is 10.4. The van der Waals surface area contributed by atoms with Crippen LogP contribution in [-0.2, 0) is 0 Å². The Morgan fingerprint density at radius 2 is 2.08 bits per heavy atom. The fraction of sp³-hybridized carbons (Fsp3) is 0.500. The maximum atomic E-state index is 5.64. The number of nitrogens with zero attached hydrogens (tertiary/aromatic N) is 3.